The van der Waals surface area contributed by atoms with Crippen LogP contribution in [0, 0.1) is 0 Å². The zero-order valence-corrected chi connectivity index (χ0v) is 8.96. The molecule has 1 saturated carbocycles. The first-order valence-electron chi connectivity index (χ1n) is 3.97. The van der Waals surface area contributed by atoms with Gasteiger partial charge in [0.1, 0.15) is 0 Å². The van der Waals surface area contributed by atoms with E-state index in [-0.39, 0.29) is 0 Å². The fraction of sp³-hybridized carbons (Fsp3) is 0.556. The first kappa shape index (κ1) is 7.81. The second-order valence-electron chi connectivity index (χ2n) is 3.52. The van der Waals surface area contributed by atoms with Crippen molar-refractivity contribution in [3.63, 3.8) is 0 Å². The average Bonchev–Trinajstić information content (AvgIpc) is 2.31. The van der Waals surface area contributed by atoms with Gasteiger partial charge in [-0.3, -0.25) is 0 Å². The van der Waals surface area contributed by atoms with Gasteiger partial charge < -0.3 is 0 Å². The van der Waals surface area contributed by atoms with Crippen molar-refractivity contribution in [2.75, 3.05) is 0 Å². The van der Waals surface area contributed by atoms with Crippen molar-refractivity contribution < 1.29 is 0 Å². The van der Waals surface area contributed by atoms with Crippen molar-refractivity contribution in [2.24, 2.45) is 0 Å². The van der Waals surface area contributed by atoms with Crippen LogP contribution in [0.2, 0.25) is 0 Å². The van der Waals surface area contributed by atoms with Gasteiger partial charge in [-0.05, 0) is 40.9 Å². The molecule has 0 saturated heterocycles. The molecule has 1 aromatic rings. The molecule has 0 radical (unpaired) electrons. The Hall–Kier alpha value is 0.180. The van der Waals surface area contributed by atoms with Crippen molar-refractivity contribution in [1.82, 2.24) is 0 Å². The molecule has 1 aliphatic carbocycles. The number of hydrogen-bond acceptors (Lipinski definition) is 1. The van der Waals surface area contributed by atoms with Crippen molar-refractivity contribution in [2.45, 2.75) is 31.6 Å². The zero-order valence-electron chi connectivity index (χ0n) is 6.56. The van der Waals surface area contributed by atoms with Gasteiger partial charge in [-0.25, -0.2) is 0 Å². The maximum atomic E-state index is 3.50. The number of rotatable bonds is 1. The van der Waals surface area contributed by atoms with E-state index in [4.69, 9.17) is 0 Å². The minimum atomic E-state index is 0.524. The fourth-order valence-electron chi connectivity index (χ4n) is 1.59. The smallest absolute Gasteiger partial charge is 0.0701 e. The minimum Gasteiger partial charge on any atom is -0.133 e. The third-order valence-electron chi connectivity index (χ3n) is 2.63. The normalized spacial score (nSPS) is 21.3. The molecule has 1 aliphatic rings. The van der Waals surface area contributed by atoms with E-state index in [0.29, 0.717) is 5.41 Å². The van der Waals surface area contributed by atoms with Gasteiger partial charge in [0.2, 0.25) is 0 Å². The van der Waals surface area contributed by atoms with E-state index in [0.717, 1.165) is 0 Å². The second-order valence-corrected chi connectivity index (χ2v) is 5.98. The van der Waals surface area contributed by atoms with Crippen molar-refractivity contribution in [1.29, 1.82) is 0 Å². The van der Waals surface area contributed by atoms with Gasteiger partial charge in [0.15, 0.2) is 0 Å². The molecule has 0 aliphatic heterocycles. The highest BCUT2D eigenvalue weighted by Gasteiger charge is 2.34. The van der Waals surface area contributed by atoms with Crippen LogP contribution in [-0.4, -0.2) is 0 Å². The lowest BCUT2D eigenvalue weighted by Crippen LogP contribution is -2.28. The SMILES string of the molecule is CC1(c2ccc(Br)s2)CCC1. The van der Waals surface area contributed by atoms with Gasteiger partial charge in [0.25, 0.3) is 0 Å². The summed E-state index contributed by atoms with van der Waals surface area (Å²) in [5.41, 5.74) is 0.524. The summed E-state index contributed by atoms with van der Waals surface area (Å²) in [6, 6.07) is 4.41. The molecule has 0 aromatic carbocycles. The highest BCUT2D eigenvalue weighted by atomic mass is 79.9. The van der Waals surface area contributed by atoms with E-state index in [1.54, 1.807) is 4.88 Å². The van der Waals surface area contributed by atoms with Crippen LogP contribution in [0.5, 0.6) is 0 Å². The summed E-state index contributed by atoms with van der Waals surface area (Å²) in [5, 5.41) is 0. The highest BCUT2D eigenvalue weighted by Crippen LogP contribution is 2.46. The van der Waals surface area contributed by atoms with Crippen LogP contribution >= 0.6 is 27.3 Å². The van der Waals surface area contributed by atoms with Gasteiger partial charge in [-0.15, -0.1) is 11.3 Å². The monoisotopic (exact) mass is 230 g/mol. The number of thiophene rings is 1. The maximum absolute atomic E-state index is 3.50. The van der Waals surface area contributed by atoms with Gasteiger partial charge in [-0.2, -0.15) is 0 Å². The molecule has 0 nitrogen and oxygen atoms in total. The molecule has 11 heavy (non-hydrogen) atoms. The molecular weight excluding hydrogens is 220 g/mol. The third-order valence-corrected chi connectivity index (χ3v) is 4.55. The van der Waals surface area contributed by atoms with Crippen LogP contribution in [0.3, 0.4) is 0 Å². The summed E-state index contributed by atoms with van der Waals surface area (Å²) < 4.78 is 1.26. The lowest BCUT2D eigenvalue weighted by molar-refractivity contribution is 0.278. The predicted molar refractivity (Wildman–Crippen MR) is 53.2 cm³/mol. The Labute approximate surface area is 79.8 Å². The lowest BCUT2D eigenvalue weighted by Gasteiger charge is -2.37. The molecular formula is C9H11BrS. The van der Waals surface area contributed by atoms with Gasteiger partial charge in [0, 0.05) is 10.3 Å². The summed E-state index contributed by atoms with van der Waals surface area (Å²) in [5.74, 6) is 0. The Morgan fingerprint density at radius 1 is 1.45 bits per heavy atom. The van der Waals surface area contributed by atoms with Crippen LogP contribution < -0.4 is 0 Å². The topological polar surface area (TPSA) is 0 Å². The summed E-state index contributed by atoms with van der Waals surface area (Å²) >= 11 is 5.38. The van der Waals surface area contributed by atoms with Crippen LogP contribution in [0.15, 0.2) is 15.9 Å². The Morgan fingerprint density at radius 2 is 2.18 bits per heavy atom. The predicted octanol–water partition coefficient (Wildman–Crippen LogP) is 3.95. The Kier molecular flexibility index (Phi) is 1.84. The van der Waals surface area contributed by atoms with Crippen molar-refractivity contribution in [3.05, 3.63) is 20.8 Å². The largest absolute Gasteiger partial charge is 0.133 e. The van der Waals surface area contributed by atoms with E-state index >= 15 is 0 Å². The first-order chi connectivity index (χ1) is 5.21. The molecule has 1 fully saturated rings. The summed E-state index contributed by atoms with van der Waals surface area (Å²) in [4.78, 5) is 1.55. The molecule has 0 amide bonds. The maximum Gasteiger partial charge on any atom is 0.0701 e. The third kappa shape index (κ3) is 1.27. The quantitative estimate of drug-likeness (QED) is 0.686. The zero-order chi connectivity index (χ0) is 7.90. The van der Waals surface area contributed by atoms with Gasteiger partial charge in [-0.1, -0.05) is 13.3 Å². The molecule has 1 heterocycles. The van der Waals surface area contributed by atoms with E-state index in [1.165, 1.54) is 23.0 Å². The van der Waals surface area contributed by atoms with E-state index in [9.17, 15) is 0 Å². The van der Waals surface area contributed by atoms with E-state index < -0.39 is 0 Å². The van der Waals surface area contributed by atoms with Crippen molar-refractivity contribution in [3.8, 4) is 0 Å². The van der Waals surface area contributed by atoms with Crippen molar-refractivity contribution >= 4 is 27.3 Å². The number of hydrogen-bond donors (Lipinski definition) is 0. The molecule has 1 aromatic heterocycles. The summed E-state index contributed by atoms with van der Waals surface area (Å²) in [6.07, 6.45) is 4.16. The Bertz CT molecular complexity index is 260. The van der Waals surface area contributed by atoms with Gasteiger partial charge >= 0.3 is 0 Å². The first-order valence-corrected chi connectivity index (χ1v) is 5.57. The summed E-state index contributed by atoms with van der Waals surface area (Å²) in [6.45, 7) is 2.37. The molecule has 0 bridgehead atoms. The number of halogens is 1. The molecule has 0 unspecified atom stereocenters. The summed E-state index contributed by atoms with van der Waals surface area (Å²) in [7, 11) is 0. The Balaban J connectivity index is 2.28. The molecule has 0 atom stereocenters. The molecule has 60 valence electrons. The molecule has 2 heteroatoms. The van der Waals surface area contributed by atoms with Crippen LogP contribution in [0.25, 0.3) is 0 Å². The van der Waals surface area contributed by atoms with E-state index in [2.05, 4.69) is 35.0 Å². The Morgan fingerprint density at radius 3 is 2.55 bits per heavy atom. The molecule has 2 rings (SSSR count). The molecule has 0 N–H and O–H groups in total. The van der Waals surface area contributed by atoms with Crippen LogP contribution in [0.4, 0.5) is 0 Å². The fourth-order valence-corrected chi connectivity index (χ4v) is 3.18. The van der Waals surface area contributed by atoms with Crippen LogP contribution in [0.1, 0.15) is 31.1 Å². The minimum absolute atomic E-state index is 0.524. The second kappa shape index (κ2) is 2.60. The standard InChI is InChI=1S/C9H11BrS/c1-9(5-2-6-9)7-3-4-8(10)11-7/h3-4H,2,5-6H2,1H3. The van der Waals surface area contributed by atoms with Crippen LogP contribution in [-0.2, 0) is 5.41 Å². The van der Waals surface area contributed by atoms with E-state index in [1.807, 2.05) is 11.3 Å². The molecule has 0 spiro atoms. The average molecular weight is 231 g/mol. The lowest BCUT2D eigenvalue weighted by atomic mass is 9.69. The highest BCUT2D eigenvalue weighted by molar-refractivity contribution is 9.11. The van der Waals surface area contributed by atoms with Gasteiger partial charge in [0.05, 0.1) is 3.79 Å².